The standard InChI is InChI=1S/C7H4ClNOS/c8-7-2-9-6(4-11)1-5(7)3-10/h1-4H. The van der Waals surface area contributed by atoms with Gasteiger partial charge in [-0.05, 0) is 6.07 Å². The molecule has 1 aromatic heterocycles. The Morgan fingerprint density at radius 3 is 2.91 bits per heavy atom. The summed E-state index contributed by atoms with van der Waals surface area (Å²) in [6, 6.07) is 1.54. The summed E-state index contributed by atoms with van der Waals surface area (Å²) in [5.74, 6) is 0. The summed E-state index contributed by atoms with van der Waals surface area (Å²) in [4.78, 5) is 14.2. The van der Waals surface area contributed by atoms with Crippen LogP contribution in [0.4, 0.5) is 0 Å². The first-order valence-electron chi connectivity index (χ1n) is 2.84. The van der Waals surface area contributed by atoms with E-state index in [4.69, 9.17) is 11.6 Å². The summed E-state index contributed by atoms with van der Waals surface area (Å²) >= 11 is 10.2. The number of thiocarbonyl (C=S) groups is 1. The van der Waals surface area contributed by atoms with Crippen LogP contribution in [0.3, 0.4) is 0 Å². The minimum Gasteiger partial charge on any atom is -0.298 e. The second kappa shape index (κ2) is 3.55. The average molecular weight is 186 g/mol. The quantitative estimate of drug-likeness (QED) is 0.521. The number of aromatic nitrogens is 1. The lowest BCUT2D eigenvalue weighted by atomic mass is 10.2. The fourth-order valence-electron chi connectivity index (χ4n) is 0.626. The van der Waals surface area contributed by atoms with E-state index in [0.29, 0.717) is 22.6 Å². The van der Waals surface area contributed by atoms with Crippen LogP contribution in [0.1, 0.15) is 16.1 Å². The summed E-state index contributed by atoms with van der Waals surface area (Å²) < 4.78 is 0. The van der Waals surface area contributed by atoms with Crippen molar-refractivity contribution in [1.82, 2.24) is 4.98 Å². The van der Waals surface area contributed by atoms with Gasteiger partial charge in [0.2, 0.25) is 0 Å². The molecule has 0 amide bonds. The molecule has 0 N–H and O–H groups in total. The van der Waals surface area contributed by atoms with Crippen LogP contribution in [0.5, 0.6) is 0 Å². The molecule has 0 bridgehead atoms. The highest BCUT2D eigenvalue weighted by atomic mass is 35.5. The van der Waals surface area contributed by atoms with E-state index in [-0.39, 0.29) is 0 Å². The Balaban J connectivity index is 3.22. The summed E-state index contributed by atoms with van der Waals surface area (Å²) in [6.07, 6.45) is 2.08. The maximum Gasteiger partial charge on any atom is 0.151 e. The normalized spacial score (nSPS) is 9.18. The molecule has 0 aromatic carbocycles. The van der Waals surface area contributed by atoms with E-state index >= 15 is 0 Å². The zero-order valence-electron chi connectivity index (χ0n) is 5.45. The first-order valence-corrected chi connectivity index (χ1v) is 3.68. The number of nitrogens with zero attached hydrogens (tertiary/aromatic N) is 1. The number of hydrogen-bond acceptors (Lipinski definition) is 3. The van der Waals surface area contributed by atoms with Gasteiger partial charge in [-0.15, -0.1) is 0 Å². The zero-order chi connectivity index (χ0) is 8.27. The largest absolute Gasteiger partial charge is 0.298 e. The lowest BCUT2D eigenvalue weighted by molar-refractivity contribution is 0.112. The number of rotatable bonds is 2. The van der Waals surface area contributed by atoms with Crippen LogP contribution < -0.4 is 0 Å². The summed E-state index contributed by atoms with van der Waals surface area (Å²) in [6.45, 7) is 0. The molecule has 0 fully saturated rings. The number of pyridine rings is 1. The van der Waals surface area contributed by atoms with Crippen molar-refractivity contribution in [2.24, 2.45) is 0 Å². The molecule has 0 aliphatic carbocycles. The maximum absolute atomic E-state index is 10.3. The monoisotopic (exact) mass is 185 g/mol. The van der Waals surface area contributed by atoms with Crippen LogP contribution in [0.25, 0.3) is 0 Å². The van der Waals surface area contributed by atoms with E-state index in [1.807, 2.05) is 0 Å². The Morgan fingerprint density at radius 2 is 2.36 bits per heavy atom. The van der Waals surface area contributed by atoms with Gasteiger partial charge in [0.05, 0.1) is 10.7 Å². The van der Waals surface area contributed by atoms with Crippen molar-refractivity contribution in [3.63, 3.8) is 0 Å². The topological polar surface area (TPSA) is 30.0 Å². The van der Waals surface area contributed by atoms with Gasteiger partial charge in [0.15, 0.2) is 6.29 Å². The van der Waals surface area contributed by atoms with Crippen molar-refractivity contribution < 1.29 is 4.79 Å². The Bertz CT molecular complexity index is 300. The molecule has 1 aromatic rings. The van der Waals surface area contributed by atoms with E-state index in [1.165, 1.54) is 11.6 Å². The number of aldehydes is 1. The van der Waals surface area contributed by atoms with Crippen molar-refractivity contribution >= 4 is 35.5 Å². The van der Waals surface area contributed by atoms with Gasteiger partial charge in [-0.25, -0.2) is 0 Å². The Hall–Kier alpha value is -0.800. The summed E-state index contributed by atoms with van der Waals surface area (Å²) in [5.41, 5.74) is 0.990. The lowest BCUT2D eigenvalue weighted by Gasteiger charge is -1.94. The third-order valence-electron chi connectivity index (χ3n) is 1.15. The third-order valence-corrected chi connectivity index (χ3v) is 1.71. The van der Waals surface area contributed by atoms with Crippen LogP contribution in [0.2, 0.25) is 5.02 Å². The Labute approximate surface area is 74.2 Å². The van der Waals surface area contributed by atoms with E-state index in [0.717, 1.165) is 0 Å². The second-order valence-corrected chi connectivity index (χ2v) is 2.51. The number of carbonyl (C=O) groups excluding carboxylic acids is 1. The fourth-order valence-corrected chi connectivity index (χ4v) is 0.903. The van der Waals surface area contributed by atoms with Crippen LogP contribution >= 0.6 is 23.8 Å². The molecule has 1 rings (SSSR count). The lowest BCUT2D eigenvalue weighted by Crippen LogP contribution is -1.89. The minimum absolute atomic E-state index is 0.348. The van der Waals surface area contributed by atoms with Crippen LogP contribution in [-0.4, -0.2) is 16.6 Å². The predicted molar refractivity (Wildman–Crippen MR) is 47.4 cm³/mol. The van der Waals surface area contributed by atoms with Crippen molar-refractivity contribution in [2.45, 2.75) is 0 Å². The number of halogens is 1. The number of carbonyl (C=O) groups is 1. The average Bonchev–Trinajstić information content (AvgIpc) is 2.05. The molecular weight excluding hydrogens is 182 g/mol. The Morgan fingerprint density at radius 1 is 1.64 bits per heavy atom. The molecule has 0 aliphatic rings. The molecule has 0 unspecified atom stereocenters. The Kier molecular flexibility index (Phi) is 2.68. The zero-order valence-corrected chi connectivity index (χ0v) is 7.02. The minimum atomic E-state index is 0.348. The maximum atomic E-state index is 10.3. The van der Waals surface area contributed by atoms with Gasteiger partial charge >= 0.3 is 0 Å². The second-order valence-electron chi connectivity index (χ2n) is 1.87. The van der Waals surface area contributed by atoms with Gasteiger partial charge < -0.3 is 0 Å². The first kappa shape index (κ1) is 8.30. The molecule has 0 saturated heterocycles. The van der Waals surface area contributed by atoms with Crippen molar-refractivity contribution in [1.29, 1.82) is 0 Å². The van der Waals surface area contributed by atoms with Gasteiger partial charge in [0.25, 0.3) is 0 Å². The molecule has 0 spiro atoms. The smallest absolute Gasteiger partial charge is 0.151 e. The van der Waals surface area contributed by atoms with Crippen molar-refractivity contribution in [3.05, 3.63) is 28.5 Å². The van der Waals surface area contributed by atoms with Gasteiger partial charge in [-0.1, -0.05) is 23.8 Å². The first-order chi connectivity index (χ1) is 5.27. The predicted octanol–water partition coefficient (Wildman–Crippen LogP) is 1.90. The van der Waals surface area contributed by atoms with Crippen LogP contribution in [0.15, 0.2) is 12.3 Å². The highest BCUT2D eigenvalue weighted by Crippen LogP contribution is 2.12. The summed E-state index contributed by atoms with van der Waals surface area (Å²) in [7, 11) is 0. The van der Waals surface area contributed by atoms with Gasteiger partial charge in [0.1, 0.15) is 0 Å². The van der Waals surface area contributed by atoms with Crippen molar-refractivity contribution in [3.8, 4) is 0 Å². The molecule has 0 saturated carbocycles. The highest BCUT2D eigenvalue weighted by Gasteiger charge is 1.99. The van der Waals surface area contributed by atoms with Crippen molar-refractivity contribution in [2.75, 3.05) is 0 Å². The molecule has 1 heterocycles. The molecule has 56 valence electrons. The summed E-state index contributed by atoms with van der Waals surface area (Å²) in [5, 5.41) is 1.74. The molecular formula is C7H4ClNOS. The van der Waals surface area contributed by atoms with Gasteiger partial charge in [-0.3, -0.25) is 9.78 Å². The van der Waals surface area contributed by atoms with E-state index in [9.17, 15) is 4.79 Å². The molecule has 11 heavy (non-hydrogen) atoms. The van der Waals surface area contributed by atoms with Gasteiger partial charge in [0, 0.05) is 17.1 Å². The van der Waals surface area contributed by atoms with Gasteiger partial charge in [-0.2, -0.15) is 0 Å². The van der Waals surface area contributed by atoms with Crippen LogP contribution in [0, 0.1) is 0 Å². The SMILES string of the molecule is O=Cc1cc(C=S)ncc1Cl. The third kappa shape index (κ3) is 1.82. The highest BCUT2D eigenvalue weighted by molar-refractivity contribution is 7.79. The van der Waals surface area contributed by atoms with E-state index in [2.05, 4.69) is 17.2 Å². The molecule has 0 radical (unpaired) electrons. The molecule has 2 nitrogen and oxygen atoms in total. The van der Waals surface area contributed by atoms with Crippen LogP contribution in [-0.2, 0) is 0 Å². The molecule has 0 atom stereocenters. The van der Waals surface area contributed by atoms with E-state index in [1.54, 1.807) is 6.07 Å². The molecule has 4 heteroatoms. The molecule has 0 aliphatic heterocycles. The van der Waals surface area contributed by atoms with E-state index < -0.39 is 0 Å². The number of hydrogen-bond donors (Lipinski definition) is 0. The fraction of sp³-hybridized carbons (Fsp3) is 0.